The lowest BCUT2D eigenvalue weighted by Crippen LogP contribution is -2.50. The number of hydrogen-bond donors (Lipinski definition) is 0. The highest BCUT2D eigenvalue weighted by atomic mass is 32.1. The number of amides is 2. The normalized spacial score (nSPS) is 21.1. The average Bonchev–Trinajstić information content (AvgIpc) is 3.42. The largest absolute Gasteiger partial charge is 0.342 e. The van der Waals surface area contributed by atoms with Gasteiger partial charge in [0.05, 0.1) is 18.4 Å². The summed E-state index contributed by atoms with van der Waals surface area (Å²) in [6.07, 6.45) is 5.29. The molecule has 2 saturated heterocycles. The van der Waals surface area contributed by atoms with Gasteiger partial charge in [0, 0.05) is 24.5 Å². The Balaban J connectivity index is 1.23. The first kappa shape index (κ1) is 23.8. The molecular formula is C30H34N2O2S. The molecule has 182 valence electrons. The molecule has 2 aliphatic rings. The van der Waals surface area contributed by atoms with E-state index in [1.807, 2.05) is 40.6 Å². The molecule has 0 aliphatic carbocycles. The summed E-state index contributed by atoms with van der Waals surface area (Å²) >= 11 is 1.62. The third-order valence-corrected chi connectivity index (χ3v) is 8.51. The van der Waals surface area contributed by atoms with Gasteiger partial charge < -0.3 is 9.80 Å². The molecule has 3 aromatic rings. The monoisotopic (exact) mass is 486 g/mol. The summed E-state index contributed by atoms with van der Waals surface area (Å²) in [6.45, 7) is 2.18. The molecule has 2 fully saturated rings. The number of benzene rings is 2. The fourth-order valence-corrected chi connectivity index (χ4v) is 6.39. The van der Waals surface area contributed by atoms with Crippen molar-refractivity contribution in [1.82, 2.24) is 9.80 Å². The van der Waals surface area contributed by atoms with Gasteiger partial charge in [0.1, 0.15) is 0 Å². The van der Waals surface area contributed by atoms with Crippen LogP contribution in [0.15, 0.2) is 78.2 Å². The fourth-order valence-electron chi connectivity index (χ4n) is 5.70. The van der Waals surface area contributed by atoms with E-state index < -0.39 is 0 Å². The van der Waals surface area contributed by atoms with Crippen molar-refractivity contribution >= 4 is 23.2 Å². The van der Waals surface area contributed by atoms with Crippen LogP contribution in [0.1, 0.15) is 47.7 Å². The van der Waals surface area contributed by atoms with Gasteiger partial charge in [-0.3, -0.25) is 9.59 Å². The van der Waals surface area contributed by atoms with Gasteiger partial charge in [0.15, 0.2) is 0 Å². The maximum atomic E-state index is 13.5. The van der Waals surface area contributed by atoms with Gasteiger partial charge in [-0.15, -0.1) is 11.3 Å². The second-order valence-electron chi connectivity index (χ2n) is 9.96. The molecule has 2 aliphatic heterocycles. The van der Waals surface area contributed by atoms with Gasteiger partial charge in [0.25, 0.3) is 0 Å². The van der Waals surface area contributed by atoms with Crippen LogP contribution in [0.4, 0.5) is 0 Å². The molecular weight excluding hydrogens is 452 g/mol. The molecule has 0 spiro atoms. The average molecular weight is 487 g/mol. The van der Waals surface area contributed by atoms with Crippen LogP contribution in [0, 0.1) is 11.8 Å². The lowest BCUT2D eigenvalue weighted by atomic mass is 9.86. The van der Waals surface area contributed by atoms with Crippen molar-refractivity contribution in [3.05, 3.63) is 94.2 Å². The first-order valence-corrected chi connectivity index (χ1v) is 13.7. The Hall–Kier alpha value is -2.92. The second kappa shape index (κ2) is 11.2. The molecule has 5 rings (SSSR count). The number of rotatable bonds is 6. The topological polar surface area (TPSA) is 40.6 Å². The summed E-state index contributed by atoms with van der Waals surface area (Å²) in [5, 5.41) is 2.02. The Morgan fingerprint density at radius 2 is 1.54 bits per heavy atom. The minimum absolute atomic E-state index is 0.0457. The van der Waals surface area contributed by atoms with E-state index >= 15 is 0 Å². The van der Waals surface area contributed by atoms with E-state index in [9.17, 15) is 9.59 Å². The number of hydrogen-bond acceptors (Lipinski definition) is 3. The summed E-state index contributed by atoms with van der Waals surface area (Å²) in [7, 11) is 0. The third kappa shape index (κ3) is 5.84. The second-order valence-corrected chi connectivity index (χ2v) is 11.0. The molecule has 4 nitrogen and oxygen atoms in total. The molecule has 0 bridgehead atoms. The number of piperidine rings is 2. The van der Waals surface area contributed by atoms with Crippen LogP contribution in [-0.2, 0) is 22.4 Å². The highest BCUT2D eigenvalue weighted by Gasteiger charge is 2.37. The molecule has 5 heteroatoms. The Kier molecular flexibility index (Phi) is 7.63. The van der Waals surface area contributed by atoms with E-state index in [1.165, 1.54) is 11.1 Å². The third-order valence-electron chi connectivity index (χ3n) is 7.63. The summed E-state index contributed by atoms with van der Waals surface area (Å²) in [5.74, 6) is 0.899. The quantitative estimate of drug-likeness (QED) is 0.445. The summed E-state index contributed by atoms with van der Waals surface area (Å²) in [5.41, 5.74) is 2.55. The summed E-state index contributed by atoms with van der Waals surface area (Å²) in [6, 6.07) is 25.0. The first-order chi connectivity index (χ1) is 17.2. The molecule has 0 saturated carbocycles. The SMILES string of the molecule is O=C(C1CCC(c2ccccc2)N(C(=O)Cc2cccs2)C1)N1CCC(Cc2ccccc2)CC1. The van der Waals surface area contributed by atoms with Crippen molar-refractivity contribution in [3.63, 3.8) is 0 Å². The van der Waals surface area contributed by atoms with E-state index in [0.29, 0.717) is 18.9 Å². The fraction of sp³-hybridized carbons (Fsp3) is 0.400. The molecule has 35 heavy (non-hydrogen) atoms. The standard InChI is InChI=1S/C30H34N2O2S/c33-29(21-27-12-7-19-35-27)32-22-26(13-14-28(32)25-10-5-2-6-11-25)30(34)31-17-15-24(16-18-31)20-23-8-3-1-4-9-23/h1-12,19,24,26,28H,13-18,20-22H2. The predicted molar refractivity (Wildman–Crippen MR) is 141 cm³/mol. The van der Waals surface area contributed by atoms with E-state index in [1.54, 1.807) is 11.3 Å². The van der Waals surface area contributed by atoms with E-state index in [4.69, 9.17) is 0 Å². The Labute approximate surface area is 212 Å². The van der Waals surface area contributed by atoms with E-state index in [2.05, 4.69) is 47.4 Å². The minimum Gasteiger partial charge on any atom is -0.342 e. The molecule has 2 aromatic carbocycles. The van der Waals surface area contributed by atoms with Gasteiger partial charge in [-0.2, -0.15) is 0 Å². The van der Waals surface area contributed by atoms with E-state index in [-0.39, 0.29) is 23.8 Å². The zero-order valence-electron chi connectivity index (χ0n) is 20.2. The van der Waals surface area contributed by atoms with Crippen molar-refractivity contribution < 1.29 is 9.59 Å². The van der Waals surface area contributed by atoms with E-state index in [0.717, 1.165) is 50.1 Å². The molecule has 2 atom stereocenters. The van der Waals surface area contributed by atoms with Crippen molar-refractivity contribution in [1.29, 1.82) is 0 Å². The smallest absolute Gasteiger partial charge is 0.228 e. The molecule has 1 aromatic heterocycles. The van der Waals surface area contributed by atoms with Crippen LogP contribution in [-0.4, -0.2) is 41.2 Å². The maximum Gasteiger partial charge on any atom is 0.228 e. The first-order valence-electron chi connectivity index (χ1n) is 12.9. The molecule has 0 N–H and O–H groups in total. The van der Waals surface area contributed by atoms with Crippen molar-refractivity contribution in [2.45, 2.75) is 44.6 Å². The zero-order valence-corrected chi connectivity index (χ0v) is 21.0. The van der Waals surface area contributed by atoms with Crippen molar-refractivity contribution in [3.8, 4) is 0 Å². The van der Waals surface area contributed by atoms with Crippen LogP contribution >= 0.6 is 11.3 Å². The highest BCUT2D eigenvalue weighted by molar-refractivity contribution is 7.10. The Bertz CT molecular complexity index is 1090. The summed E-state index contributed by atoms with van der Waals surface area (Å²) < 4.78 is 0. The van der Waals surface area contributed by atoms with Crippen LogP contribution < -0.4 is 0 Å². The van der Waals surface area contributed by atoms with Gasteiger partial charge in [-0.1, -0.05) is 66.7 Å². The van der Waals surface area contributed by atoms with Gasteiger partial charge in [0.2, 0.25) is 11.8 Å². The van der Waals surface area contributed by atoms with Crippen molar-refractivity contribution in [2.75, 3.05) is 19.6 Å². The zero-order chi connectivity index (χ0) is 24.0. The minimum atomic E-state index is -0.104. The van der Waals surface area contributed by atoms with Crippen LogP contribution in [0.2, 0.25) is 0 Å². The van der Waals surface area contributed by atoms with Crippen LogP contribution in [0.25, 0.3) is 0 Å². The Morgan fingerprint density at radius 3 is 2.23 bits per heavy atom. The predicted octanol–water partition coefficient (Wildman–Crippen LogP) is 5.75. The lowest BCUT2D eigenvalue weighted by Gasteiger charge is -2.42. The highest BCUT2D eigenvalue weighted by Crippen LogP contribution is 2.35. The molecule has 0 radical (unpaired) electrons. The lowest BCUT2D eigenvalue weighted by molar-refractivity contribution is -0.144. The van der Waals surface area contributed by atoms with Gasteiger partial charge in [-0.25, -0.2) is 0 Å². The Morgan fingerprint density at radius 1 is 0.829 bits per heavy atom. The number of carbonyl (C=O) groups excluding carboxylic acids is 2. The van der Waals surface area contributed by atoms with Crippen LogP contribution in [0.5, 0.6) is 0 Å². The number of nitrogens with zero attached hydrogens (tertiary/aromatic N) is 2. The van der Waals surface area contributed by atoms with Crippen molar-refractivity contribution in [2.24, 2.45) is 11.8 Å². The number of likely N-dealkylation sites (tertiary alicyclic amines) is 2. The molecule has 2 amide bonds. The van der Waals surface area contributed by atoms with Gasteiger partial charge >= 0.3 is 0 Å². The van der Waals surface area contributed by atoms with Gasteiger partial charge in [-0.05, 0) is 60.6 Å². The van der Waals surface area contributed by atoms with Crippen LogP contribution in [0.3, 0.4) is 0 Å². The maximum absolute atomic E-state index is 13.5. The number of carbonyl (C=O) groups is 2. The molecule has 3 heterocycles. The number of thiophene rings is 1. The molecule has 2 unspecified atom stereocenters. The summed E-state index contributed by atoms with van der Waals surface area (Å²) in [4.78, 5) is 32.1.